The Hall–Kier alpha value is -1.07. The lowest BCUT2D eigenvalue weighted by Crippen LogP contribution is -2.12. The number of rotatable bonds is 2. The van der Waals surface area contributed by atoms with Gasteiger partial charge in [-0.3, -0.25) is 0 Å². The second kappa shape index (κ2) is 4.31. The molecule has 1 aromatic rings. The van der Waals surface area contributed by atoms with Crippen LogP contribution < -0.4 is 0 Å². The van der Waals surface area contributed by atoms with Crippen molar-refractivity contribution in [1.82, 2.24) is 0 Å². The largest absolute Gasteiger partial charge is 0.478 e. The highest BCUT2D eigenvalue weighted by molar-refractivity contribution is 8.13. The zero-order chi connectivity index (χ0) is 12.6. The van der Waals surface area contributed by atoms with Gasteiger partial charge in [-0.15, -0.1) is 0 Å². The van der Waals surface area contributed by atoms with Gasteiger partial charge in [0.1, 0.15) is 0 Å². The van der Waals surface area contributed by atoms with Gasteiger partial charge in [0, 0.05) is 10.7 Å². The molecule has 0 bridgehead atoms. The lowest BCUT2D eigenvalue weighted by atomic mass is 9.88. The van der Waals surface area contributed by atoms with Crippen molar-refractivity contribution in [2.45, 2.75) is 30.6 Å². The molecule has 1 aliphatic rings. The van der Waals surface area contributed by atoms with Gasteiger partial charge in [0.25, 0.3) is 9.05 Å². The first-order chi connectivity index (χ1) is 7.89. The maximum atomic E-state index is 11.3. The van der Waals surface area contributed by atoms with Gasteiger partial charge in [-0.05, 0) is 48.9 Å². The van der Waals surface area contributed by atoms with Crippen LogP contribution in [0.25, 0.3) is 0 Å². The number of aromatic carboxylic acids is 1. The standard InChI is InChI=1S/C11H11ClO4S/c12-17(15,16)8-5-7-3-1-2-4-9(7)10(6-8)11(13)14/h5-6H,1-4H2,(H,13,14). The van der Waals surface area contributed by atoms with Gasteiger partial charge in [-0.25, -0.2) is 13.2 Å². The Morgan fingerprint density at radius 3 is 2.47 bits per heavy atom. The summed E-state index contributed by atoms with van der Waals surface area (Å²) in [5.74, 6) is -1.11. The van der Waals surface area contributed by atoms with Crippen molar-refractivity contribution < 1.29 is 18.3 Å². The van der Waals surface area contributed by atoms with E-state index in [1.807, 2.05) is 0 Å². The summed E-state index contributed by atoms with van der Waals surface area (Å²) in [5.41, 5.74) is 1.59. The summed E-state index contributed by atoms with van der Waals surface area (Å²) < 4.78 is 22.5. The second-order valence-electron chi connectivity index (χ2n) is 4.06. The fourth-order valence-corrected chi connectivity index (χ4v) is 2.98. The molecule has 4 nitrogen and oxygen atoms in total. The van der Waals surface area contributed by atoms with Crippen molar-refractivity contribution in [3.63, 3.8) is 0 Å². The van der Waals surface area contributed by atoms with E-state index in [2.05, 4.69) is 0 Å². The third kappa shape index (κ3) is 2.45. The number of carboxylic acids is 1. The minimum absolute atomic E-state index is 0.0569. The van der Waals surface area contributed by atoms with E-state index in [1.54, 1.807) is 0 Å². The first-order valence-corrected chi connectivity index (χ1v) is 7.54. The molecule has 0 unspecified atom stereocenters. The Morgan fingerprint density at radius 2 is 1.88 bits per heavy atom. The van der Waals surface area contributed by atoms with E-state index in [0.29, 0.717) is 12.8 Å². The molecule has 2 rings (SSSR count). The maximum absolute atomic E-state index is 11.3. The number of hydrogen-bond donors (Lipinski definition) is 1. The maximum Gasteiger partial charge on any atom is 0.336 e. The molecule has 0 atom stereocenters. The SMILES string of the molecule is O=C(O)c1cc(S(=O)(=O)Cl)cc2c1CCCC2. The molecule has 1 aromatic carbocycles. The minimum Gasteiger partial charge on any atom is -0.478 e. The van der Waals surface area contributed by atoms with Crippen LogP contribution >= 0.6 is 10.7 Å². The van der Waals surface area contributed by atoms with Crippen molar-refractivity contribution >= 4 is 25.7 Å². The Morgan fingerprint density at radius 1 is 1.24 bits per heavy atom. The van der Waals surface area contributed by atoms with Crippen LogP contribution in [0.3, 0.4) is 0 Å². The van der Waals surface area contributed by atoms with Crippen molar-refractivity contribution in [2.75, 3.05) is 0 Å². The molecule has 0 aliphatic heterocycles. The average molecular weight is 275 g/mol. The number of carboxylic acid groups (broad SMARTS) is 1. The normalized spacial score (nSPS) is 15.4. The van der Waals surface area contributed by atoms with Gasteiger partial charge in [-0.1, -0.05) is 0 Å². The number of halogens is 1. The summed E-state index contributed by atoms with van der Waals surface area (Å²) in [6.45, 7) is 0. The molecule has 0 amide bonds. The number of aryl methyl sites for hydroxylation is 1. The third-order valence-corrected chi connectivity index (χ3v) is 4.28. The smallest absolute Gasteiger partial charge is 0.336 e. The highest BCUT2D eigenvalue weighted by Crippen LogP contribution is 2.29. The van der Waals surface area contributed by atoms with Crippen molar-refractivity contribution in [1.29, 1.82) is 0 Å². The van der Waals surface area contributed by atoms with Crippen molar-refractivity contribution in [3.8, 4) is 0 Å². The first-order valence-electron chi connectivity index (χ1n) is 5.23. The number of carbonyl (C=O) groups is 1. The molecular formula is C11H11ClO4S. The van der Waals surface area contributed by atoms with Gasteiger partial charge in [-0.2, -0.15) is 0 Å². The van der Waals surface area contributed by atoms with Crippen LogP contribution in [0.2, 0.25) is 0 Å². The number of fused-ring (bicyclic) bond motifs is 1. The lowest BCUT2D eigenvalue weighted by Gasteiger charge is -2.18. The molecular weight excluding hydrogens is 264 g/mol. The third-order valence-electron chi connectivity index (χ3n) is 2.95. The van der Waals surface area contributed by atoms with Crippen LogP contribution in [0, 0.1) is 0 Å². The van der Waals surface area contributed by atoms with Gasteiger partial charge in [0.2, 0.25) is 0 Å². The summed E-state index contributed by atoms with van der Waals surface area (Å²) in [4.78, 5) is 11.0. The molecule has 1 N–H and O–H groups in total. The Bertz CT molecular complexity index is 577. The Labute approximate surface area is 104 Å². The highest BCUT2D eigenvalue weighted by atomic mass is 35.7. The summed E-state index contributed by atoms with van der Waals surface area (Å²) in [6.07, 6.45) is 3.26. The average Bonchev–Trinajstić information content (AvgIpc) is 2.26. The Kier molecular flexibility index (Phi) is 3.14. The van der Waals surface area contributed by atoms with Crippen LogP contribution in [0.15, 0.2) is 17.0 Å². The summed E-state index contributed by atoms with van der Waals surface area (Å²) in [7, 11) is 1.37. The molecule has 0 heterocycles. The fourth-order valence-electron chi connectivity index (χ4n) is 2.17. The monoisotopic (exact) mass is 274 g/mol. The summed E-state index contributed by atoms with van der Waals surface area (Å²) >= 11 is 0. The van der Waals surface area contributed by atoms with Crippen molar-refractivity contribution in [2.24, 2.45) is 0 Å². The molecule has 0 saturated carbocycles. The quantitative estimate of drug-likeness (QED) is 0.839. The fraction of sp³-hybridized carbons (Fsp3) is 0.364. The van der Waals surface area contributed by atoms with Crippen LogP contribution in [-0.4, -0.2) is 19.5 Å². The van der Waals surface area contributed by atoms with E-state index in [1.165, 1.54) is 6.07 Å². The van der Waals surface area contributed by atoms with Gasteiger partial charge in [0.15, 0.2) is 0 Å². The topological polar surface area (TPSA) is 71.4 Å². The van der Waals surface area contributed by atoms with E-state index in [0.717, 1.165) is 30.0 Å². The molecule has 1 aliphatic carbocycles. The summed E-state index contributed by atoms with van der Waals surface area (Å²) in [6, 6.07) is 2.64. The zero-order valence-corrected chi connectivity index (χ0v) is 10.5. The predicted molar refractivity (Wildman–Crippen MR) is 63.1 cm³/mol. The molecule has 92 valence electrons. The molecule has 0 saturated heterocycles. The molecule has 6 heteroatoms. The van der Waals surface area contributed by atoms with Gasteiger partial charge in [0.05, 0.1) is 10.5 Å². The highest BCUT2D eigenvalue weighted by Gasteiger charge is 2.22. The van der Waals surface area contributed by atoms with Gasteiger partial charge >= 0.3 is 5.97 Å². The number of hydrogen-bond acceptors (Lipinski definition) is 3. The molecule has 0 aromatic heterocycles. The van der Waals surface area contributed by atoms with E-state index in [4.69, 9.17) is 15.8 Å². The van der Waals surface area contributed by atoms with Crippen LogP contribution in [0.5, 0.6) is 0 Å². The molecule has 17 heavy (non-hydrogen) atoms. The minimum atomic E-state index is -3.88. The second-order valence-corrected chi connectivity index (χ2v) is 6.62. The first kappa shape index (κ1) is 12.4. The van der Waals surface area contributed by atoms with E-state index < -0.39 is 15.0 Å². The van der Waals surface area contributed by atoms with E-state index in [9.17, 15) is 13.2 Å². The van der Waals surface area contributed by atoms with Crippen LogP contribution in [-0.2, 0) is 21.9 Å². The zero-order valence-electron chi connectivity index (χ0n) is 8.94. The number of benzene rings is 1. The molecule has 0 spiro atoms. The van der Waals surface area contributed by atoms with E-state index in [-0.39, 0.29) is 10.5 Å². The van der Waals surface area contributed by atoms with Crippen LogP contribution in [0.4, 0.5) is 0 Å². The lowest BCUT2D eigenvalue weighted by molar-refractivity contribution is 0.0695. The molecule has 0 fully saturated rings. The van der Waals surface area contributed by atoms with Crippen LogP contribution in [0.1, 0.15) is 34.3 Å². The van der Waals surface area contributed by atoms with Gasteiger partial charge < -0.3 is 5.11 Å². The van der Waals surface area contributed by atoms with Crippen molar-refractivity contribution in [3.05, 3.63) is 28.8 Å². The summed E-state index contributed by atoms with van der Waals surface area (Å²) in [5, 5.41) is 9.09. The Balaban J connectivity index is 2.69. The van der Waals surface area contributed by atoms with E-state index >= 15 is 0 Å². The molecule has 0 radical (unpaired) electrons. The predicted octanol–water partition coefficient (Wildman–Crippen LogP) is 2.19.